The number of nitrogen functional groups attached to an aromatic ring is 1. The van der Waals surface area contributed by atoms with E-state index < -0.39 is 0 Å². The summed E-state index contributed by atoms with van der Waals surface area (Å²) in [6.45, 7) is 4.64. The van der Waals surface area contributed by atoms with Crippen LogP contribution in [0.2, 0.25) is 0 Å². The molecule has 0 amide bonds. The molecule has 0 radical (unpaired) electrons. The van der Waals surface area contributed by atoms with Gasteiger partial charge in [-0.05, 0) is 43.7 Å². The standard InChI is InChI=1S/C24H25N7OS/c1-14-12-33-21-9-18(15(2)30-23-20(10-25)22(26)28-13-29-23)19(24(32)31(14)21)8-16-5-4-6-17(7-16)11-27-3/h4-7,9,12-13,15,27H,8,11H2,1-3H3,(H3,26,28,29,30)/t15-/m0/s1. The number of anilines is 2. The van der Waals surface area contributed by atoms with Crippen molar-refractivity contribution in [3.63, 3.8) is 0 Å². The second-order valence-electron chi connectivity index (χ2n) is 7.92. The molecule has 0 aliphatic carbocycles. The maximum atomic E-state index is 13.6. The number of thiazole rings is 1. The van der Waals surface area contributed by atoms with Gasteiger partial charge >= 0.3 is 0 Å². The van der Waals surface area contributed by atoms with Gasteiger partial charge in [0.2, 0.25) is 0 Å². The minimum absolute atomic E-state index is 0.0309. The Morgan fingerprint density at radius 3 is 2.82 bits per heavy atom. The zero-order chi connectivity index (χ0) is 23.5. The Kier molecular flexibility index (Phi) is 6.40. The summed E-state index contributed by atoms with van der Waals surface area (Å²) < 4.78 is 1.76. The number of nitrogens with zero attached hydrogens (tertiary/aromatic N) is 4. The molecule has 4 aromatic rings. The number of fused-ring (bicyclic) bond motifs is 1. The van der Waals surface area contributed by atoms with Crippen molar-refractivity contribution >= 4 is 27.8 Å². The van der Waals surface area contributed by atoms with E-state index >= 15 is 0 Å². The van der Waals surface area contributed by atoms with Crippen molar-refractivity contribution in [2.45, 2.75) is 32.9 Å². The Morgan fingerprint density at radius 2 is 2.06 bits per heavy atom. The summed E-state index contributed by atoms with van der Waals surface area (Å²) in [4.78, 5) is 22.6. The average molecular weight is 460 g/mol. The van der Waals surface area contributed by atoms with Crippen LogP contribution >= 0.6 is 11.3 Å². The van der Waals surface area contributed by atoms with Gasteiger partial charge in [0.1, 0.15) is 34.4 Å². The Balaban J connectivity index is 1.81. The second kappa shape index (κ2) is 9.40. The first kappa shape index (κ1) is 22.5. The fourth-order valence-corrected chi connectivity index (χ4v) is 4.91. The van der Waals surface area contributed by atoms with Gasteiger partial charge in [-0.25, -0.2) is 9.97 Å². The summed E-state index contributed by atoms with van der Waals surface area (Å²) in [6, 6.07) is 12.0. The van der Waals surface area contributed by atoms with E-state index in [1.807, 2.05) is 44.5 Å². The first-order valence-corrected chi connectivity index (χ1v) is 11.4. The third-order valence-corrected chi connectivity index (χ3v) is 6.57. The smallest absolute Gasteiger partial charge is 0.259 e. The van der Waals surface area contributed by atoms with Gasteiger partial charge in [-0.15, -0.1) is 11.3 Å². The molecule has 0 saturated heterocycles. The third-order valence-electron chi connectivity index (χ3n) is 5.57. The van der Waals surface area contributed by atoms with Crippen molar-refractivity contribution in [3.05, 3.63) is 85.9 Å². The molecule has 3 aromatic heterocycles. The molecule has 0 fully saturated rings. The number of benzene rings is 1. The van der Waals surface area contributed by atoms with Gasteiger partial charge in [-0.3, -0.25) is 9.20 Å². The highest BCUT2D eigenvalue weighted by atomic mass is 32.1. The van der Waals surface area contributed by atoms with Crippen LogP contribution in [0.3, 0.4) is 0 Å². The third kappa shape index (κ3) is 4.44. The van der Waals surface area contributed by atoms with Crippen LogP contribution in [0.4, 0.5) is 11.6 Å². The van der Waals surface area contributed by atoms with Gasteiger partial charge in [-0.2, -0.15) is 5.26 Å². The molecule has 4 rings (SSSR count). The van der Waals surface area contributed by atoms with Crippen molar-refractivity contribution < 1.29 is 0 Å². The molecular formula is C24H25N7OS. The fourth-order valence-electron chi connectivity index (χ4n) is 3.99. The number of hydrogen-bond acceptors (Lipinski definition) is 8. The maximum Gasteiger partial charge on any atom is 0.259 e. The molecule has 4 N–H and O–H groups in total. The van der Waals surface area contributed by atoms with E-state index in [9.17, 15) is 10.1 Å². The normalized spacial score (nSPS) is 11.9. The summed E-state index contributed by atoms with van der Waals surface area (Å²) in [7, 11) is 1.91. The zero-order valence-corrected chi connectivity index (χ0v) is 19.5. The number of pyridine rings is 1. The van der Waals surface area contributed by atoms with Crippen LogP contribution < -0.4 is 21.9 Å². The molecule has 3 heterocycles. The van der Waals surface area contributed by atoms with E-state index in [2.05, 4.69) is 38.8 Å². The molecule has 0 aliphatic heterocycles. The lowest BCUT2D eigenvalue weighted by Gasteiger charge is -2.20. The molecule has 9 heteroatoms. The molecule has 0 spiro atoms. The predicted molar refractivity (Wildman–Crippen MR) is 131 cm³/mol. The summed E-state index contributed by atoms with van der Waals surface area (Å²) in [5, 5.41) is 17.9. The maximum absolute atomic E-state index is 13.6. The van der Waals surface area contributed by atoms with Crippen molar-refractivity contribution in [2.75, 3.05) is 18.1 Å². The summed E-state index contributed by atoms with van der Waals surface area (Å²) in [5.74, 6) is 0.468. The molecular weight excluding hydrogens is 434 g/mol. The quantitative estimate of drug-likeness (QED) is 0.387. The van der Waals surface area contributed by atoms with E-state index in [0.29, 0.717) is 17.8 Å². The minimum atomic E-state index is -0.290. The number of hydrogen-bond donors (Lipinski definition) is 3. The van der Waals surface area contributed by atoms with Crippen molar-refractivity contribution in [3.8, 4) is 6.07 Å². The number of nitrogens with two attached hydrogens (primary N) is 1. The molecule has 1 atom stereocenters. The van der Waals surface area contributed by atoms with Gasteiger partial charge in [-0.1, -0.05) is 24.3 Å². The largest absolute Gasteiger partial charge is 0.382 e. The average Bonchev–Trinajstić information content (AvgIpc) is 3.17. The molecule has 0 aliphatic rings. The highest BCUT2D eigenvalue weighted by Crippen LogP contribution is 2.28. The van der Waals surface area contributed by atoms with Crippen molar-refractivity contribution in [1.82, 2.24) is 19.7 Å². The van der Waals surface area contributed by atoms with Crippen LogP contribution in [-0.4, -0.2) is 21.4 Å². The number of rotatable bonds is 7. The van der Waals surface area contributed by atoms with Gasteiger partial charge in [0.05, 0.1) is 6.04 Å². The number of aromatic nitrogens is 3. The molecule has 1 aromatic carbocycles. The van der Waals surface area contributed by atoms with Crippen LogP contribution in [0.1, 0.15) is 46.5 Å². The molecule has 8 nitrogen and oxygen atoms in total. The number of nitrogens with one attached hydrogen (secondary N) is 2. The van der Waals surface area contributed by atoms with E-state index in [1.54, 1.807) is 4.40 Å². The lowest BCUT2D eigenvalue weighted by molar-refractivity contribution is 0.814. The van der Waals surface area contributed by atoms with Gasteiger partial charge in [0, 0.05) is 29.6 Å². The van der Waals surface area contributed by atoms with E-state index in [0.717, 1.165) is 33.8 Å². The Bertz CT molecular complexity index is 1420. The molecule has 33 heavy (non-hydrogen) atoms. The van der Waals surface area contributed by atoms with E-state index in [4.69, 9.17) is 5.73 Å². The van der Waals surface area contributed by atoms with Gasteiger partial charge < -0.3 is 16.4 Å². The first-order chi connectivity index (χ1) is 15.9. The summed E-state index contributed by atoms with van der Waals surface area (Å²) in [5.41, 5.74) is 10.7. The monoisotopic (exact) mass is 459 g/mol. The molecule has 0 bridgehead atoms. The first-order valence-electron chi connectivity index (χ1n) is 10.5. The van der Waals surface area contributed by atoms with Gasteiger partial charge in [0.15, 0.2) is 0 Å². The highest BCUT2D eigenvalue weighted by molar-refractivity contribution is 7.15. The van der Waals surface area contributed by atoms with Crippen molar-refractivity contribution in [2.24, 2.45) is 0 Å². The van der Waals surface area contributed by atoms with Crippen molar-refractivity contribution in [1.29, 1.82) is 5.26 Å². The van der Waals surface area contributed by atoms with Crippen LogP contribution in [0, 0.1) is 18.3 Å². The second-order valence-corrected chi connectivity index (χ2v) is 8.81. The van der Waals surface area contributed by atoms with Crippen LogP contribution in [0.15, 0.2) is 46.8 Å². The van der Waals surface area contributed by atoms with Crippen LogP contribution in [0.5, 0.6) is 0 Å². The van der Waals surface area contributed by atoms with Crippen LogP contribution in [0.25, 0.3) is 4.83 Å². The molecule has 0 unspecified atom stereocenters. The lowest BCUT2D eigenvalue weighted by Crippen LogP contribution is -2.24. The topological polar surface area (TPSA) is 121 Å². The Labute approximate surface area is 195 Å². The molecule has 0 saturated carbocycles. The SMILES string of the molecule is CNCc1cccc(Cc2c([C@H](C)Nc3ncnc(N)c3C#N)cc3scc(C)n3c2=O)c1. The number of aryl methyl sites for hydroxylation is 1. The van der Waals surface area contributed by atoms with Gasteiger partial charge in [0.25, 0.3) is 5.56 Å². The molecule has 168 valence electrons. The summed E-state index contributed by atoms with van der Waals surface area (Å²) in [6.07, 6.45) is 1.81. The summed E-state index contributed by atoms with van der Waals surface area (Å²) >= 11 is 1.53. The Morgan fingerprint density at radius 1 is 1.27 bits per heavy atom. The van der Waals surface area contributed by atoms with E-state index in [1.165, 1.54) is 17.7 Å². The highest BCUT2D eigenvalue weighted by Gasteiger charge is 2.20. The fraction of sp³-hybridized carbons (Fsp3) is 0.250. The van der Waals surface area contributed by atoms with Crippen LogP contribution in [-0.2, 0) is 13.0 Å². The number of nitriles is 1. The minimum Gasteiger partial charge on any atom is -0.382 e. The van der Waals surface area contributed by atoms with E-state index in [-0.39, 0.29) is 23.0 Å². The Hall–Kier alpha value is -3.74. The predicted octanol–water partition coefficient (Wildman–Crippen LogP) is 3.40. The lowest BCUT2D eigenvalue weighted by atomic mass is 9.96. The zero-order valence-electron chi connectivity index (χ0n) is 18.7.